The highest BCUT2D eigenvalue weighted by Crippen LogP contribution is 2.29. The molecule has 0 atom stereocenters. The number of alkyl halides is 5. The van der Waals surface area contributed by atoms with Crippen LogP contribution in [0.15, 0.2) is 54.6 Å². The van der Waals surface area contributed by atoms with E-state index in [-0.39, 0.29) is 18.2 Å². The Morgan fingerprint density at radius 2 is 1.67 bits per heavy atom. The predicted octanol–water partition coefficient (Wildman–Crippen LogP) is 4.98. The van der Waals surface area contributed by atoms with E-state index in [4.69, 9.17) is 0 Å². The van der Waals surface area contributed by atoms with Crippen molar-refractivity contribution < 1.29 is 31.5 Å². The summed E-state index contributed by atoms with van der Waals surface area (Å²) >= 11 is 0. The molecule has 0 heterocycles. The Labute approximate surface area is 152 Å². The van der Waals surface area contributed by atoms with Crippen molar-refractivity contribution in [1.82, 2.24) is 4.90 Å². The van der Waals surface area contributed by atoms with Gasteiger partial charge in [0.25, 0.3) is 0 Å². The zero-order chi connectivity index (χ0) is 20.0. The third kappa shape index (κ3) is 6.40. The molecule has 144 valence electrons. The highest BCUT2D eigenvalue weighted by atomic mass is 19.4. The summed E-state index contributed by atoms with van der Waals surface area (Å²) in [6.45, 7) is -2.68. The molecule has 2 aromatic carbocycles. The van der Waals surface area contributed by atoms with Gasteiger partial charge in [-0.25, -0.2) is 0 Å². The second-order valence-electron chi connectivity index (χ2n) is 5.67. The first-order valence-corrected chi connectivity index (χ1v) is 7.79. The maximum Gasteiger partial charge on any atom is 0.416 e. The van der Waals surface area contributed by atoms with Gasteiger partial charge in [0.15, 0.2) is 0 Å². The minimum Gasteiger partial charge on any atom is -0.435 e. The van der Waals surface area contributed by atoms with Crippen molar-refractivity contribution in [3.63, 3.8) is 0 Å². The summed E-state index contributed by atoms with van der Waals surface area (Å²) < 4.78 is 66.0. The second kappa shape index (κ2) is 8.66. The fourth-order valence-electron chi connectivity index (χ4n) is 2.21. The number of nitrogens with zero attached hydrogens (tertiary/aromatic N) is 1. The number of amides is 1. The van der Waals surface area contributed by atoms with E-state index in [0.717, 1.165) is 12.1 Å². The van der Waals surface area contributed by atoms with Crippen LogP contribution < -0.4 is 4.74 Å². The predicted molar refractivity (Wildman–Crippen MR) is 90.0 cm³/mol. The lowest BCUT2D eigenvalue weighted by molar-refractivity contribution is -0.137. The van der Waals surface area contributed by atoms with Gasteiger partial charge in [-0.2, -0.15) is 22.0 Å². The normalized spacial score (nSPS) is 11.8. The van der Waals surface area contributed by atoms with Crippen molar-refractivity contribution >= 4 is 12.0 Å². The fraction of sp³-hybridized carbons (Fsp3) is 0.211. The van der Waals surface area contributed by atoms with Gasteiger partial charge in [0.05, 0.1) is 5.56 Å². The van der Waals surface area contributed by atoms with Crippen molar-refractivity contribution in [2.75, 3.05) is 7.05 Å². The van der Waals surface area contributed by atoms with E-state index in [1.54, 1.807) is 19.2 Å². The van der Waals surface area contributed by atoms with Crippen LogP contribution in [0.25, 0.3) is 6.08 Å². The molecule has 0 aliphatic rings. The van der Waals surface area contributed by atoms with E-state index in [1.165, 1.54) is 41.3 Å². The summed E-state index contributed by atoms with van der Waals surface area (Å²) in [6, 6.07) is 10.3. The standard InChI is InChI=1S/C19H16F5NO2/c1-25(12-14-4-9-16(10-5-14)27-18(20)21)17(26)11-6-13-2-7-15(8-3-13)19(22,23)24/h2-11,18H,12H2,1H3/b11-6+. The van der Waals surface area contributed by atoms with Gasteiger partial charge in [0.1, 0.15) is 5.75 Å². The molecule has 0 saturated carbocycles. The van der Waals surface area contributed by atoms with Crippen LogP contribution in [0.5, 0.6) is 5.75 Å². The highest BCUT2D eigenvalue weighted by Gasteiger charge is 2.29. The second-order valence-corrected chi connectivity index (χ2v) is 5.67. The minimum absolute atomic E-state index is 0.0185. The molecule has 2 rings (SSSR count). The minimum atomic E-state index is -4.41. The molecular weight excluding hydrogens is 369 g/mol. The Morgan fingerprint density at radius 1 is 1.07 bits per heavy atom. The molecule has 0 aliphatic carbocycles. The molecule has 0 spiro atoms. The lowest BCUT2D eigenvalue weighted by atomic mass is 10.1. The molecule has 0 unspecified atom stereocenters. The molecule has 8 heteroatoms. The molecule has 0 saturated heterocycles. The number of halogens is 5. The first-order chi connectivity index (χ1) is 12.6. The lowest BCUT2D eigenvalue weighted by Crippen LogP contribution is -2.24. The van der Waals surface area contributed by atoms with Crippen LogP contribution in [-0.2, 0) is 17.5 Å². The number of benzene rings is 2. The monoisotopic (exact) mass is 385 g/mol. The molecule has 0 aromatic heterocycles. The summed E-state index contributed by atoms with van der Waals surface area (Å²) in [7, 11) is 1.54. The summed E-state index contributed by atoms with van der Waals surface area (Å²) in [5.74, 6) is -0.340. The van der Waals surface area contributed by atoms with Gasteiger partial charge >= 0.3 is 12.8 Å². The van der Waals surface area contributed by atoms with Gasteiger partial charge in [-0.15, -0.1) is 0 Å². The van der Waals surface area contributed by atoms with Crippen molar-refractivity contribution in [3.8, 4) is 5.75 Å². The third-order valence-electron chi connectivity index (χ3n) is 3.60. The molecule has 2 aromatic rings. The molecule has 27 heavy (non-hydrogen) atoms. The maximum absolute atomic E-state index is 12.5. The third-order valence-corrected chi connectivity index (χ3v) is 3.60. The van der Waals surface area contributed by atoms with E-state index in [9.17, 15) is 26.7 Å². The van der Waals surface area contributed by atoms with Gasteiger partial charge < -0.3 is 9.64 Å². The Kier molecular flexibility index (Phi) is 6.55. The topological polar surface area (TPSA) is 29.5 Å². The number of hydrogen-bond acceptors (Lipinski definition) is 2. The average molecular weight is 385 g/mol. The van der Waals surface area contributed by atoms with Crippen LogP contribution in [0.2, 0.25) is 0 Å². The van der Waals surface area contributed by atoms with Gasteiger partial charge in [0.2, 0.25) is 5.91 Å². The van der Waals surface area contributed by atoms with E-state index < -0.39 is 18.4 Å². The van der Waals surface area contributed by atoms with Gasteiger partial charge in [-0.1, -0.05) is 24.3 Å². The van der Waals surface area contributed by atoms with Gasteiger partial charge in [-0.05, 0) is 41.5 Å². The Morgan fingerprint density at radius 3 is 2.19 bits per heavy atom. The largest absolute Gasteiger partial charge is 0.435 e. The van der Waals surface area contributed by atoms with Crippen LogP contribution in [0, 0.1) is 0 Å². The summed E-state index contributed by atoms with van der Waals surface area (Å²) in [5.41, 5.74) is 0.399. The lowest BCUT2D eigenvalue weighted by Gasteiger charge is -2.15. The number of carbonyl (C=O) groups is 1. The summed E-state index contributed by atoms with van der Waals surface area (Å²) in [4.78, 5) is 13.5. The number of hydrogen-bond donors (Lipinski definition) is 0. The van der Waals surface area contributed by atoms with E-state index >= 15 is 0 Å². The fourth-order valence-corrected chi connectivity index (χ4v) is 2.21. The van der Waals surface area contributed by atoms with E-state index in [0.29, 0.717) is 11.1 Å². The SMILES string of the molecule is CN(Cc1ccc(OC(F)F)cc1)C(=O)/C=C/c1ccc(C(F)(F)F)cc1. The zero-order valence-electron chi connectivity index (χ0n) is 14.2. The van der Waals surface area contributed by atoms with Crippen molar-refractivity contribution in [2.24, 2.45) is 0 Å². The van der Waals surface area contributed by atoms with Crippen molar-refractivity contribution in [1.29, 1.82) is 0 Å². The van der Waals surface area contributed by atoms with Gasteiger partial charge in [0, 0.05) is 19.7 Å². The first kappa shape index (κ1) is 20.4. The smallest absolute Gasteiger partial charge is 0.416 e. The number of rotatable bonds is 6. The van der Waals surface area contributed by atoms with Crippen LogP contribution in [0.3, 0.4) is 0 Å². The number of carbonyl (C=O) groups excluding carboxylic acids is 1. The van der Waals surface area contributed by atoms with Crippen LogP contribution in [-0.4, -0.2) is 24.5 Å². The van der Waals surface area contributed by atoms with Crippen LogP contribution in [0.1, 0.15) is 16.7 Å². The quantitative estimate of drug-likeness (QED) is 0.519. The Balaban J connectivity index is 1.94. The average Bonchev–Trinajstić information content (AvgIpc) is 2.60. The molecule has 0 radical (unpaired) electrons. The zero-order valence-corrected chi connectivity index (χ0v) is 14.2. The number of likely N-dealkylation sites (N-methyl/N-ethyl adjacent to an activating group) is 1. The van der Waals surface area contributed by atoms with Gasteiger partial charge in [-0.3, -0.25) is 4.79 Å². The molecular formula is C19H16F5NO2. The summed E-state index contributed by atoms with van der Waals surface area (Å²) in [6.07, 6.45) is -1.75. The summed E-state index contributed by atoms with van der Waals surface area (Å²) in [5, 5.41) is 0. The van der Waals surface area contributed by atoms with E-state index in [1.807, 2.05) is 0 Å². The molecule has 0 aliphatic heterocycles. The Bertz CT molecular complexity index is 783. The van der Waals surface area contributed by atoms with Crippen molar-refractivity contribution in [3.05, 3.63) is 71.3 Å². The Hall–Kier alpha value is -2.90. The highest BCUT2D eigenvalue weighted by molar-refractivity contribution is 5.91. The first-order valence-electron chi connectivity index (χ1n) is 7.79. The molecule has 0 bridgehead atoms. The van der Waals surface area contributed by atoms with Crippen molar-refractivity contribution in [2.45, 2.75) is 19.3 Å². The van der Waals surface area contributed by atoms with E-state index in [2.05, 4.69) is 4.74 Å². The van der Waals surface area contributed by atoms with Crippen LogP contribution in [0.4, 0.5) is 22.0 Å². The molecule has 3 nitrogen and oxygen atoms in total. The molecule has 0 fully saturated rings. The molecule has 1 amide bonds. The number of ether oxygens (including phenoxy) is 1. The molecule has 0 N–H and O–H groups in total. The van der Waals surface area contributed by atoms with Crippen LogP contribution >= 0.6 is 0 Å². The maximum atomic E-state index is 12.5.